The summed E-state index contributed by atoms with van der Waals surface area (Å²) in [4.78, 5) is 0. The average Bonchev–Trinajstić information content (AvgIpc) is 2.77. The molecule has 0 spiro atoms. The molecule has 19 heavy (non-hydrogen) atoms. The van der Waals surface area contributed by atoms with Crippen molar-refractivity contribution >= 4 is 11.6 Å². The molecule has 0 aliphatic rings. The van der Waals surface area contributed by atoms with Crippen molar-refractivity contribution < 1.29 is 0 Å². The molecule has 0 radical (unpaired) electrons. The summed E-state index contributed by atoms with van der Waals surface area (Å²) in [6.45, 7) is 5.03. The lowest BCUT2D eigenvalue weighted by molar-refractivity contribution is 0.548. The van der Waals surface area contributed by atoms with Gasteiger partial charge in [0.05, 0.1) is 11.4 Å². The van der Waals surface area contributed by atoms with Crippen molar-refractivity contribution in [2.45, 2.75) is 32.9 Å². The van der Waals surface area contributed by atoms with Gasteiger partial charge in [0, 0.05) is 24.7 Å². The third-order valence-corrected chi connectivity index (χ3v) is 3.69. The highest BCUT2D eigenvalue weighted by atomic mass is 35.5. The molecule has 0 saturated carbocycles. The highest BCUT2D eigenvalue weighted by Gasteiger charge is 2.10. The lowest BCUT2D eigenvalue weighted by atomic mass is 10.1. The second-order valence-electron chi connectivity index (χ2n) is 4.73. The Labute approximate surface area is 119 Å². The highest BCUT2D eigenvalue weighted by Crippen LogP contribution is 2.22. The Bertz CT molecular complexity index is 548. The number of aromatic nitrogens is 2. The van der Waals surface area contributed by atoms with Gasteiger partial charge >= 0.3 is 0 Å². The van der Waals surface area contributed by atoms with E-state index in [-0.39, 0.29) is 6.04 Å². The third-order valence-electron chi connectivity index (χ3n) is 3.35. The Morgan fingerprint density at radius 1 is 1.37 bits per heavy atom. The van der Waals surface area contributed by atoms with Crippen molar-refractivity contribution in [3.8, 4) is 0 Å². The number of hydrogen-bond acceptors (Lipinski definition) is 2. The van der Waals surface area contributed by atoms with Gasteiger partial charge in [-0.25, -0.2) is 0 Å². The van der Waals surface area contributed by atoms with Crippen LogP contribution in [-0.4, -0.2) is 9.78 Å². The van der Waals surface area contributed by atoms with E-state index >= 15 is 0 Å². The fourth-order valence-electron chi connectivity index (χ4n) is 2.10. The number of nitrogens with one attached hydrogen (secondary N) is 1. The van der Waals surface area contributed by atoms with Crippen LogP contribution in [0.5, 0.6) is 0 Å². The van der Waals surface area contributed by atoms with Crippen LogP contribution in [0.3, 0.4) is 0 Å². The molecule has 102 valence electrons. The molecule has 1 aromatic carbocycles. The molecular weight excluding hydrogens is 258 g/mol. The molecule has 4 heteroatoms. The number of benzene rings is 1. The third kappa shape index (κ3) is 3.37. The summed E-state index contributed by atoms with van der Waals surface area (Å²) in [6.07, 6.45) is 0.966. The second-order valence-corrected chi connectivity index (χ2v) is 5.14. The summed E-state index contributed by atoms with van der Waals surface area (Å²) in [5, 5.41) is 8.74. The maximum atomic E-state index is 6.20. The van der Waals surface area contributed by atoms with Gasteiger partial charge in [0.15, 0.2) is 0 Å². The Morgan fingerprint density at radius 2 is 2.11 bits per heavy atom. The van der Waals surface area contributed by atoms with Gasteiger partial charge in [-0.3, -0.25) is 4.68 Å². The van der Waals surface area contributed by atoms with Crippen LogP contribution in [0, 0.1) is 0 Å². The van der Waals surface area contributed by atoms with Gasteiger partial charge < -0.3 is 5.32 Å². The molecule has 2 aromatic rings. The fourth-order valence-corrected chi connectivity index (χ4v) is 2.40. The van der Waals surface area contributed by atoms with Gasteiger partial charge in [0.1, 0.15) is 0 Å². The maximum absolute atomic E-state index is 6.20. The summed E-state index contributed by atoms with van der Waals surface area (Å²) in [5.74, 6) is 0. The smallest absolute Gasteiger partial charge is 0.0625 e. The Hall–Kier alpha value is -1.32. The zero-order valence-electron chi connectivity index (χ0n) is 11.7. The number of nitrogens with zero attached hydrogens (tertiary/aromatic N) is 2. The van der Waals surface area contributed by atoms with Crippen LogP contribution in [0.1, 0.15) is 36.8 Å². The SMILES string of the molecule is CCc1cc(CN[C@H](C)c2ccccc2Cl)n(C)n1. The van der Waals surface area contributed by atoms with E-state index in [2.05, 4.69) is 36.4 Å². The van der Waals surface area contributed by atoms with Crippen LogP contribution in [0.25, 0.3) is 0 Å². The van der Waals surface area contributed by atoms with Crippen LogP contribution in [0.2, 0.25) is 5.02 Å². The molecule has 0 fully saturated rings. The van der Waals surface area contributed by atoms with Crippen molar-refractivity contribution in [1.82, 2.24) is 15.1 Å². The van der Waals surface area contributed by atoms with Gasteiger partial charge in [0.25, 0.3) is 0 Å². The Balaban J connectivity index is 2.02. The summed E-state index contributed by atoms with van der Waals surface area (Å²) in [7, 11) is 1.98. The van der Waals surface area contributed by atoms with E-state index in [9.17, 15) is 0 Å². The molecule has 1 N–H and O–H groups in total. The molecule has 2 rings (SSSR count). The van der Waals surface area contributed by atoms with Crippen molar-refractivity contribution in [2.75, 3.05) is 0 Å². The predicted molar refractivity (Wildman–Crippen MR) is 79.3 cm³/mol. The van der Waals surface area contributed by atoms with Crippen LogP contribution in [0.4, 0.5) is 0 Å². The fraction of sp³-hybridized carbons (Fsp3) is 0.400. The van der Waals surface area contributed by atoms with Crippen LogP contribution in [-0.2, 0) is 20.0 Å². The minimum atomic E-state index is 0.216. The molecule has 0 amide bonds. The van der Waals surface area contributed by atoms with Crippen molar-refractivity contribution in [3.05, 3.63) is 52.3 Å². The maximum Gasteiger partial charge on any atom is 0.0625 e. The lowest BCUT2D eigenvalue weighted by Gasteiger charge is -2.15. The minimum Gasteiger partial charge on any atom is -0.305 e. The number of rotatable bonds is 5. The van der Waals surface area contributed by atoms with E-state index in [1.165, 1.54) is 5.69 Å². The van der Waals surface area contributed by atoms with Crippen LogP contribution in [0.15, 0.2) is 30.3 Å². The number of aryl methyl sites for hydroxylation is 2. The molecule has 0 aliphatic carbocycles. The van der Waals surface area contributed by atoms with Gasteiger partial charge in [-0.15, -0.1) is 0 Å². The first-order chi connectivity index (χ1) is 9.11. The molecule has 3 nitrogen and oxygen atoms in total. The molecule has 0 unspecified atom stereocenters. The van der Waals surface area contributed by atoms with Gasteiger partial charge in [0.2, 0.25) is 0 Å². The second kappa shape index (κ2) is 6.22. The molecule has 1 aromatic heterocycles. The zero-order chi connectivity index (χ0) is 13.8. The van der Waals surface area contributed by atoms with E-state index in [4.69, 9.17) is 11.6 Å². The molecule has 0 bridgehead atoms. The first-order valence-electron chi connectivity index (χ1n) is 6.61. The molecule has 1 atom stereocenters. The van der Waals surface area contributed by atoms with Crippen molar-refractivity contribution in [1.29, 1.82) is 0 Å². The summed E-state index contributed by atoms with van der Waals surface area (Å²) >= 11 is 6.20. The van der Waals surface area contributed by atoms with E-state index in [1.54, 1.807) is 0 Å². The van der Waals surface area contributed by atoms with E-state index in [1.807, 2.05) is 29.9 Å². The van der Waals surface area contributed by atoms with E-state index in [0.29, 0.717) is 0 Å². The topological polar surface area (TPSA) is 29.9 Å². The largest absolute Gasteiger partial charge is 0.305 e. The van der Waals surface area contributed by atoms with E-state index < -0.39 is 0 Å². The van der Waals surface area contributed by atoms with Gasteiger partial charge in [-0.05, 0) is 31.0 Å². The van der Waals surface area contributed by atoms with Gasteiger partial charge in [-0.2, -0.15) is 5.10 Å². The average molecular weight is 278 g/mol. The zero-order valence-corrected chi connectivity index (χ0v) is 12.4. The summed E-state index contributed by atoms with van der Waals surface area (Å²) < 4.78 is 1.94. The quantitative estimate of drug-likeness (QED) is 0.907. The Morgan fingerprint density at radius 3 is 2.74 bits per heavy atom. The number of hydrogen-bond donors (Lipinski definition) is 1. The molecule has 0 saturated heterocycles. The molecule has 0 aliphatic heterocycles. The monoisotopic (exact) mass is 277 g/mol. The van der Waals surface area contributed by atoms with E-state index in [0.717, 1.165) is 29.2 Å². The highest BCUT2D eigenvalue weighted by molar-refractivity contribution is 6.31. The van der Waals surface area contributed by atoms with Gasteiger partial charge in [-0.1, -0.05) is 36.7 Å². The lowest BCUT2D eigenvalue weighted by Crippen LogP contribution is -2.20. The number of halogens is 1. The van der Waals surface area contributed by atoms with Crippen LogP contribution < -0.4 is 5.32 Å². The molecular formula is C15H20ClN3. The minimum absolute atomic E-state index is 0.216. The Kier molecular flexibility index (Phi) is 4.61. The predicted octanol–water partition coefficient (Wildman–Crippen LogP) is 3.49. The van der Waals surface area contributed by atoms with Crippen molar-refractivity contribution in [2.24, 2.45) is 7.05 Å². The van der Waals surface area contributed by atoms with Crippen molar-refractivity contribution in [3.63, 3.8) is 0 Å². The molecule has 1 heterocycles. The first kappa shape index (κ1) is 14.1. The normalized spacial score (nSPS) is 12.6. The standard InChI is InChI=1S/C15H20ClN3/c1-4-12-9-13(19(3)18-12)10-17-11(2)14-7-5-6-8-15(14)16/h5-9,11,17H,4,10H2,1-3H3/t11-/m1/s1. The summed E-state index contributed by atoms with van der Waals surface area (Å²) in [5.41, 5.74) is 3.45. The van der Waals surface area contributed by atoms with Crippen LogP contribution >= 0.6 is 11.6 Å². The first-order valence-corrected chi connectivity index (χ1v) is 6.99. The summed E-state index contributed by atoms with van der Waals surface area (Å²) in [6, 6.07) is 10.3.